The number of halogens is 5. The van der Waals surface area contributed by atoms with Crippen LogP contribution in [0.5, 0.6) is 5.75 Å². The van der Waals surface area contributed by atoms with Gasteiger partial charge in [0.1, 0.15) is 12.6 Å². The minimum absolute atomic E-state index is 0.0784. The first-order valence-corrected chi connectivity index (χ1v) is 12.2. The van der Waals surface area contributed by atoms with Crippen LogP contribution in [0.15, 0.2) is 72.8 Å². The highest BCUT2D eigenvalue weighted by Gasteiger charge is 2.42. The molecular formula is C30H18F5NO4. The van der Waals surface area contributed by atoms with Crippen LogP contribution in [-0.2, 0) is 16.0 Å². The van der Waals surface area contributed by atoms with Gasteiger partial charge in [-0.3, -0.25) is 4.90 Å². The first-order valence-electron chi connectivity index (χ1n) is 12.2. The third-order valence-corrected chi connectivity index (χ3v) is 7.15. The second-order valence-electron chi connectivity index (χ2n) is 9.34. The van der Waals surface area contributed by atoms with Crippen molar-refractivity contribution >= 4 is 17.7 Å². The second-order valence-corrected chi connectivity index (χ2v) is 9.34. The van der Waals surface area contributed by atoms with E-state index in [1.807, 2.05) is 48.5 Å². The quantitative estimate of drug-likeness (QED) is 0.0935. The summed E-state index contributed by atoms with van der Waals surface area (Å²) in [6.07, 6.45) is -1.07. The lowest BCUT2D eigenvalue weighted by Crippen LogP contribution is -2.45. The van der Waals surface area contributed by atoms with E-state index >= 15 is 0 Å². The van der Waals surface area contributed by atoms with Crippen LogP contribution in [0.1, 0.15) is 22.6 Å². The summed E-state index contributed by atoms with van der Waals surface area (Å²) in [5.41, 5.74) is 4.75. The minimum Gasteiger partial charge on any atom is -0.448 e. The van der Waals surface area contributed by atoms with Crippen molar-refractivity contribution in [2.75, 3.05) is 11.5 Å². The topological polar surface area (TPSA) is 55.8 Å². The number of hydrogen-bond acceptors (Lipinski definition) is 4. The predicted octanol–water partition coefficient (Wildman–Crippen LogP) is 6.67. The number of amides is 1. The van der Waals surface area contributed by atoms with E-state index < -0.39 is 52.9 Å². The maximum atomic E-state index is 14.2. The molecule has 0 fully saturated rings. The number of nitrogens with zero attached hydrogens (tertiary/aromatic N) is 1. The number of fused-ring (bicyclic) bond motifs is 4. The van der Waals surface area contributed by atoms with Gasteiger partial charge in [-0.05, 0) is 33.9 Å². The minimum atomic E-state index is -2.39. The fourth-order valence-corrected chi connectivity index (χ4v) is 5.31. The fraction of sp³-hybridized carbons (Fsp3) is 0.133. The van der Waals surface area contributed by atoms with Crippen molar-refractivity contribution in [3.63, 3.8) is 0 Å². The molecule has 0 bridgehead atoms. The fourth-order valence-electron chi connectivity index (χ4n) is 5.31. The van der Waals surface area contributed by atoms with Crippen LogP contribution in [0.2, 0.25) is 0 Å². The van der Waals surface area contributed by atoms with E-state index in [2.05, 4.69) is 4.74 Å². The van der Waals surface area contributed by atoms with Crippen molar-refractivity contribution < 1.29 is 41.0 Å². The molecule has 2 aliphatic rings. The second kappa shape index (κ2) is 9.78. The molecule has 0 N–H and O–H groups in total. The van der Waals surface area contributed by atoms with Crippen LogP contribution in [-0.4, -0.2) is 24.7 Å². The number of benzene rings is 4. The molecule has 40 heavy (non-hydrogen) atoms. The third kappa shape index (κ3) is 3.98. The summed E-state index contributed by atoms with van der Waals surface area (Å²) in [6.45, 7) is -0.0784. The Morgan fingerprint density at radius 2 is 1.25 bits per heavy atom. The van der Waals surface area contributed by atoms with Gasteiger partial charge in [0.05, 0.1) is 5.69 Å². The Balaban J connectivity index is 1.28. The molecule has 1 aliphatic heterocycles. The van der Waals surface area contributed by atoms with E-state index in [1.165, 1.54) is 0 Å². The standard InChI is InChI=1S/C30H18F5NO4/c31-23-24(32)26(34)28(27(35)25(23)33)40-29(37)22-13-15-7-1-6-12-21(15)36(22)30(38)39-14-20-18-10-4-2-8-16(18)17-9-3-5-11-19(17)20/h1-12,20,22H,13-14H2. The largest absolute Gasteiger partial charge is 0.448 e. The van der Waals surface area contributed by atoms with Crippen molar-refractivity contribution in [3.8, 4) is 16.9 Å². The third-order valence-electron chi connectivity index (χ3n) is 7.15. The van der Waals surface area contributed by atoms with Crippen LogP contribution >= 0.6 is 0 Å². The highest BCUT2D eigenvalue weighted by molar-refractivity contribution is 5.99. The molecule has 202 valence electrons. The van der Waals surface area contributed by atoms with E-state index in [4.69, 9.17) is 4.74 Å². The van der Waals surface area contributed by atoms with Crippen molar-refractivity contribution in [2.24, 2.45) is 0 Å². The number of ether oxygens (including phenoxy) is 2. The summed E-state index contributed by atoms with van der Waals surface area (Å²) in [5.74, 6) is -14.9. The molecule has 6 rings (SSSR count). The maximum absolute atomic E-state index is 14.2. The number of hydrogen-bond donors (Lipinski definition) is 0. The zero-order chi connectivity index (χ0) is 28.1. The van der Waals surface area contributed by atoms with Gasteiger partial charge >= 0.3 is 12.1 Å². The molecule has 0 saturated heterocycles. The van der Waals surface area contributed by atoms with Gasteiger partial charge in [-0.15, -0.1) is 0 Å². The lowest BCUT2D eigenvalue weighted by Gasteiger charge is -2.25. The van der Waals surface area contributed by atoms with Gasteiger partial charge in [0.2, 0.25) is 34.8 Å². The summed E-state index contributed by atoms with van der Waals surface area (Å²) in [4.78, 5) is 27.4. The van der Waals surface area contributed by atoms with Gasteiger partial charge in [-0.2, -0.15) is 8.78 Å². The average molecular weight is 551 g/mol. The molecule has 4 aromatic carbocycles. The van der Waals surface area contributed by atoms with Crippen molar-refractivity contribution in [1.82, 2.24) is 0 Å². The Hall–Kier alpha value is -4.73. The number of rotatable bonds is 4. The molecule has 0 spiro atoms. The van der Waals surface area contributed by atoms with E-state index in [0.717, 1.165) is 27.2 Å². The van der Waals surface area contributed by atoms with Gasteiger partial charge < -0.3 is 9.47 Å². The molecular weight excluding hydrogens is 533 g/mol. The molecule has 0 radical (unpaired) electrons. The van der Waals surface area contributed by atoms with Crippen molar-refractivity contribution in [2.45, 2.75) is 18.4 Å². The molecule has 0 aromatic heterocycles. The number of carbonyl (C=O) groups is 2. The molecule has 1 amide bonds. The summed E-state index contributed by atoms with van der Waals surface area (Å²) < 4.78 is 79.5. The highest BCUT2D eigenvalue weighted by Crippen LogP contribution is 2.45. The summed E-state index contributed by atoms with van der Waals surface area (Å²) in [6, 6.07) is 20.3. The van der Waals surface area contributed by atoms with E-state index in [1.54, 1.807) is 24.3 Å². The maximum Gasteiger partial charge on any atom is 0.415 e. The van der Waals surface area contributed by atoms with Crippen LogP contribution < -0.4 is 9.64 Å². The van der Waals surface area contributed by atoms with Crippen molar-refractivity contribution in [3.05, 3.63) is 119 Å². The molecule has 1 unspecified atom stereocenters. The smallest absolute Gasteiger partial charge is 0.415 e. The number of carbonyl (C=O) groups excluding carboxylic acids is 2. The number of esters is 1. The monoisotopic (exact) mass is 551 g/mol. The first kappa shape index (κ1) is 25.5. The van der Waals surface area contributed by atoms with Gasteiger partial charge in [0, 0.05) is 12.3 Å². The molecule has 4 aromatic rings. The summed E-state index contributed by atoms with van der Waals surface area (Å²) in [5, 5.41) is 0. The molecule has 1 aliphatic carbocycles. The predicted molar refractivity (Wildman–Crippen MR) is 133 cm³/mol. The van der Waals surface area contributed by atoms with Crippen LogP contribution in [0, 0.1) is 29.1 Å². The molecule has 0 saturated carbocycles. The van der Waals surface area contributed by atoms with Gasteiger partial charge in [-0.25, -0.2) is 22.8 Å². The Morgan fingerprint density at radius 3 is 1.88 bits per heavy atom. The Labute approximate surface area is 224 Å². The van der Waals surface area contributed by atoms with Gasteiger partial charge in [-0.1, -0.05) is 66.7 Å². The van der Waals surface area contributed by atoms with Crippen LogP contribution in [0.3, 0.4) is 0 Å². The van der Waals surface area contributed by atoms with Crippen LogP contribution in [0.4, 0.5) is 32.4 Å². The number of para-hydroxylation sites is 1. The van der Waals surface area contributed by atoms with Gasteiger partial charge in [0.15, 0.2) is 0 Å². The zero-order valence-corrected chi connectivity index (χ0v) is 20.5. The van der Waals surface area contributed by atoms with E-state index in [9.17, 15) is 31.5 Å². The molecule has 5 nitrogen and oxygen atoms in total. The van der Waals surface area contributed by atoms with Gasteiger partial charge in [0.25, 0.3) is 0 Å². The van der Waals surface area contributed by atoms with Crippen molar-refractivity contribution in [1.29, 1.82) is 0 Å². The Bertz CT molecular complexity index is 1620. The van der Waals surface area contributed by atoms with Crippen LogP contribution in [0.25, 0.3) is 11.1 Å². The molecule has 1 heterocycles. The van der Waals surface area contributed by atoms with E-state index in [-0.39, 0.29) is 18.9 Å². The lowest BCUT2D eigenvalue weighted by molar-refractivity contribution is -0.136. The zero-order valence-electron chi connectivity index (χ0n) is 20.5. The lowest BCUT2D eigenvalue weighted by atomic mass is 9.98. The summed E-state index contributed by atoms with van der Waals surface area (Å²) >= 11 is 0. The summed E-state index contributed by atoms with van der Waals surface area (Å²) in [7, 11) is 0. The molecule has 1 atom stereocenters. The Morgan fingerprint density at radius 1 is 0.725 bits per heavy atom. The average Bonchev–Trinajstić information content (AvgIpc) is 3.52. The first-order chi connectivity index (χ1) is 19.3. The SMILES string of the molecule is O=C(Oc1c(F)c(F)c(F)c(F)c1F)C1Cc2ccccc2N1C(=O)OCC1c2ccccc2-c2ccccc21. The Kier molecular flexibility index (Phi) is 6.25. The molecule has 10 heteroatoms. The number of anilines is 1. The highest BCUT2D eigenvalue weighted by atomic mass is 19.2. The van der Waals surface area contributed by atoms with E-state index in [0.29, 0.717) is 11.3 Å². The normalized spacial score (nSPS) is 15.4.